The molecule has 0 atom stereocenters. The van der Waals surface area contributed by atoms with E-state index < -0.39 is 0 Å². The molecule has 0 amide bonds. The molecule has 0 aliphatic carbocycles. The zero-order valence-corrected chi connectivity index (χ0v) is 9.99. The van der Waals surface area contributed by atoms with Crippen molar-refractivity contribution in [2.45, 2.75) is 64.2 Å². The summed E-state index contributed by atoms with van der Waals surface area (Å²) in [4.78, 5) is 0. The first-order valence-electron chi connectivity index (χ1n) is 6.66. The van der Waals surface area contributed by atoms with E-state index in [1.807, 2.05) is 0 Å². The summed E-state index contributed by atoms with van der Waals surface area (Å²) in [6.07, 6.45) is 13.1. The Morgan fingerprint density at radius 2 is 1.07 bits per heavy atom. The van der Waals surface area contributed by atoms with Crippen molar-refractivity contribution in [3.05, 3.63) is 0 Å². The Bertz CT molecular complexity index is 169. The van der Waals surface area contributed by atoms with E-state index in [1.165, 1.54) is 57.9 Å². The molecule has 0 aromatic rings. The first-order chi connectivity index (χ1) is 7.50. The monoisotopic (exact) mass is 207 g/mol. The molecule has 0 aromatic heterocycles. The summed E-state index contributed by atoms with van der Waals surface area (Å²) in [5.41, 5.74) is 0. The highest BCUT2D eigenvalue weighted by molar-refractivity contribution is 4.98. The van der Waals surface area contributed by atoms with Crippen molar-refractivity contribution in [2.75, 3.05) is 13.1 Å². The molecule has 1 heteroatoms. The molecule has 0 bridgehead atoms. The first-order valence-corrected chi connectivity index (χ1v) is 6.66. The molecule has 1 nitrogen and oxygen atoms in total. The third kappa shape index (κ3) is 8.51. The minimum atomic E-state index is 1.08. The maximum atomic E-state index is 3.49. The smallest absolute Gasteiger partial charge is 0.0101 e. The third-order valence-electron chi connectivity index (χ3n) is 2.94. The normalized spacial score (nSPS) is 21.9. The van der Waals surface area contributed by atoms with E-state index in [4.69, 9.17) is 0 Å². The van der Waals surface area contributed by atoms with Crippen LogP contribution in [-0.2, 0) is 0 Å². The predicted octanol–water partition coefficient (Wildman–Crippen LogP) is 3.49. The van der Waals surface area contributed by atoms with Gasteiger partial charge in [-0.25, -0.2) is 0 Å². The lowest BCUT2D eigenvalue weighted by molar-refractivity contribution is 0.557. The fourth-order valence-electron chi connectivity index (χ4n) is 1.95. The molecule has 86 valence electrons. The Balaban J connectivity index is 2.10. The molecule has 1 heterocycles. The maximum absolute atomic E-state index is 3.49. The van der Waals surface area contributed by atoms with Crippen LogP contribution in [0.4, 0.5) is 0 Å². The molecule has 0 saturated heterocycles. The fraction of sp³-hybridized carbons (Fsp3) is 0.857. The Morgan fingerprint density at radius 1 is 0.533 bits per heavy atom. The van der Waals surface area contributed by atoms with E-state index in [1.54, 1.807) is 0 Å². The van der Waals surface area contributed by atoms with Crippen LogP contribution in [0.3, 0.4) is 0 Å². The lowest BCUT2D eigenvalue weighted by Crippen LogP contribution is -2.16. The highest BCUT2D eigenvalue weighted by Gasteiger charge is 1.92. The van der Waals surface area contributed by atoms with Crippen LogP contribution in [0.5, 0.6) is 0 Å². The van der Waals surface area contributed by atoms with Crippen molar-refractivity contribution in [1.82, 2.24) is 5.32 Å². The van der Waals surface area contributed by atoms with Crippen molar-refractivity contribution in [3.63, 3.8) is 0 Å². The van der Waals surface area contributed by atoms with E-state index in [0.717, 1.165) is 19.4 Å². The van der Waals surface area contributed by atoms with Crippen molar-refractivity contribution in [1.29, 1.82) is 0 Å². The van der Waals surface area contributed by atoms with Crippen LogP contribution < -0.4 is 5.32 Å². The van der Waals surface area contributed by atoms with Crippen LogP contribution in [0.15, 0.2) is 0 Å². The molecular weight excluding hydrogens is 182 g/mol. The highest BCUT2D eigenvalue weighted by Crippen LogP contribution is 2.08. The predicted molar refractivity (Wildman–Crippen MR) is 66.8 cm³/mol. The zero-order chi connectivity index (χ0) is 10.6. The van der Waals surface area contributed by atoms with Gasteiger partial charge in [-0.3, -0.25) is 0 Å². The van der Waals surface area contributed by atoms with Crippen molar-refractivity contribution in [2.24, 2.45) is 0 Å². The molecule has 0 unspecified atom stereocenters. The molecule has 0 saturated carbocycles. The summed E-state index contributed by atoms with van der Waals surface area (Å²) >= 11 is 0. The van der Waals surface area contributed by atoms with Crippen LogP contribution in [0, 0.1) is 11.8 Å². The molecule has 0 fully saturated rings. The van der Waals surface area contributed by atoms with E-state index in [9.17, 15) is 0 Å². The third-order valence-corrected chi connectivity index (χ3v) is 2.94. The maximum Gasteiger partial charge on any atom is 0.0101 e. The van der Waals surface area contributed by atoms with Gasteiger partial charge >= 0.3 is 0 Å². The van der Waals surface area contributed by atoms with Gasteiger partial charge in [0.1, 0.15) is 0 Å². The first kappa shape index (κ1) is 12.6. The molecule has 1 aliphatic rings. The highest BCUT2D eigenvalue weighted by atomic mass is 14.8. The summed E-state index contributed by atoms with van der Waals surface area (Å²) in [6, 6.07) is 0. The molecular formula is C14H25N. The largest absolute Gasteiger partial charge is 0.317 e. The second kappa shape index (κ2) is 10.1. The van der Waals surface area contributed by atoms with E-state index >= 15 is 0 Å². The Labute approximate surface area is 95.0 Å². The SMILES string of the molecule is C1#CCCCNCCCCCCCCC1. The summed E-state index contributed by atoms with van der Waals surface area (Å²) in [5.74, 6) is 6.54. The summed E-state index contributed by atoms with van der Waals surface area (Å²) in [7, 11) is 0. The van der Waals surface area contributed by atoms with Gasteiger partial charge in [0, 0.05) is 12.8 Å². The van der Waals surface area contributed by atoms with Crippen molar-refractivity contribution >= 4 is 0 Å². The lowest BCUT2D eigenvalue weighted by Gasteiger charge is -2.03. The molecule has 1 aliphatic heterocycles. The fourth-order valence-corrected chi connectivity index (χ4v) is 1.95. The quantitative estimate of drug-likeness (QED) is 0.600. The van der Waals surface area contributed by atoms with Crippen LogP contribution in [-0.4, -0.2) is 13.1 Å². The van der Waals surface area contributed by atoms with Gasteiger partial charge in [-0.05, 0) is 32.4 Å². The second-order valence-electron chi connectivity index (χ2n) is 4.43. The molecule has 1 rings (SSSR count). The van der Waals surface area contributed by atoms with Gasteiger partial charge in [0.2, 0.25) is 0 Å². The topological polar surface area (TPSA) is 12.0 Å². The minimum absolute atomic E-state index is 1.08. The summed E-state index contributed by atoms with van der Waals surface area (Å²) < 4.78 is 0. The number of hydrogen-bond donors (Lipinski definition) is 1. The molecule has 0 spiro atoms. The number of nitrogens with one attached hydrogen (secondary N) is 1. The molecule has 0 aromatic carbocycles. The molecule has 15 heavy (non-hydrogen) atoms. The van der Waals surface area contributed by atoms with Gasteiger partial charge in [-0.15, -0.1) is 11.8 Å². The van der Waals surface area contributed by atoms with Crippen LogP contribution >= 0.6 is 0 Å². The zero-order valence-electron chi connectivity index (χ0n) is 9.99. The average Bonchev–Trinajstić information content (AvgIpc) is 2.27. The average molecular weight is 207 g/mol. The van der Waals surface area contributed by atoms with E-state index in [0.29, 0.717) is 0 Å². The Hall–Kier alpha value is -0.480. The van der Waals surface area contributed by atoms with Gasteiger partial charge in [0.05, 0.1) is 0 Å². The second-order valence-corrected chi connectivity index (χ2v) is 4.43. The van der Waals surface area contributed by atoms with Crippen LogP contribution in [0.1, 0.15) is 64.2 Å². The van der Waals surface area contributed by atoms with Gasteiger partial charge in [-0.1, -0.05) is 32.1 Å². The molecule has 1 N–H and O–H groups in total. The Morgan fingerprint density at radius 3 is 1.87 bits per heavy atom. The number of hydrogen-bond acceptors (Lipinski definition) is 1. The van der Waals surface area contributed by atoms with Crippen LogP contribution in [0.2, 0.25) is 0 Å². The summed E-state index contributed by atoms with van der Waals surface area (Å²) in [6.45, 7) is 2.35. The van der Waals surface area contributed by atoms with Gasteiger partial charge in [0.25, 0.3) is 0 Å². The van der Waals surface area contributed by atoms with Crippen molar-refractivity contribution < 1.29 is 0 Å². The summed E-state index contributed by atoms with van der Waals surface area (Å²) in [5, 5.41) is 3.49. The van der Waals surface area contributed by atoms with Crippen LogP contribution in [0.25, 0.3) is 0 Å². The van der Waals surface area contributed by atoms with Gasteiger partial charge < -0.3 is 5.32 Å². The number of rotatable bonds is 0. The lowest BCUT2D eigenvalue weighted by atomic mass is 10.1. The molecule has 0 radical (unpaired) electrons. The van der Waals surface area contributed by atoms with Crippen molar-refractivity contribution in [3.8, 4) is 11.8 Å². The van der Waals surface area contributed by atoms with E-state index in [2.05, 4.69) is 17.2 Å². The minimum Gasteiger partial charge on any atom is -0.317 e. The standard InChI is InChI=1S/C14H25N/c1-2-4-6-8-10-12-14-15-13-11-9-7-5-3-1/h15H,1-5,7,9-14H2. The van der Waals surface area contributed by atoms with E-state index in [-0.39, 0.29) is 0 Å². The van der Waals surface area contributed by atoms with Gasteiger partial charge in [0.15, 0.2) is 0 Å². The van der Waals surface area contributed by atoms with Gasteiger partial charge in [-0.2, -0.15) is 0 Å². The Kier molecular flexibility index (Phi) is 8.44.